The van der Waals surface area contributed by atoms with E-state index in [1.54, 1.807) is 49.4 Å². The van der Waals surface area contributed by atoms with Crippen LogP contribution in [0.3, 0.4) is 0 Å². The summed E-state index contributed by atoms with van der Waals surface area (Å²) in [5.74, 6) is -0.942. The van der Waals surface area contributed by atoms with Gasteiger partial charge in [0.2, 0.25) is 5.91 Å². The van der Waals surface area contributed by atoms with Crippen molar-refractivity contribution >= 4 is 39.5 Å². The fourth-order valence-corrected chi connectivity index (χ4v) is 3.96. The van der Waals surface area contributed by atoms with Crippen molar-refractivity contribution in [2.45, 2.75) is 18.9 Å². The minimum Gasteiger partial charge on any atom is -0.319 e. The second-order valence-electron chi connectivity index (χ2n) is 6.72. The van der Waals surface area contributed by atoms with E-state index in [0.29, 0.717) is 15.7 Å². The highest BCUT2D eigenvalue weighted by Crippen LogP contribution is 2.33. The van der Waals surface area contributed by atoms with E-state index < -0.39 is 29.9 Å². The maximum absolute atomic E-state index is 13.1. The van der Waals surface area contributed by atoms with E-state index in [2.05, 4.69) is 21.2 Å². The van der Waals surface area contributed by atoms with Crippen molar-refractivity contribution in [3.63, 3.8) is 0 Å². The van der Waals surface area contributed by atoms with Crippen molar-refractivity contribution < 1.29 is 14.4 Å². The summed E-state index contributed by atoms with van der Waals surface area (Å²) in [6, 6.07) is 17.4. The molecule has 2 aromatic carbocycles. The van der Waals surface area contributed by atoms with Crippen LogP contribution in [0.4, 0.5) is 10.5 Å². The highest BCUT2D eigenvalue weighted by Gasteiger charge is 2.50. The molecule has 1 N–H and O–H groups in total. The zero-order valence-electron chi connectivity index (χ0n) is 15.8. The maximum Gasteiger partial charge on any atom is 0.325 e. The van der Waals surface area contributed by atoms with Crippen molar-refractivity contribution in [3.05, 3.63) is 64.6 Å². The molecule has 0 saturated carbocycles. The number of nitriles is 1. The van der Waals surface area contributed by atoms with Gasteiger partial charge in [-0.1, -0.05) is 52.3 Å². The van der Waals surface area contributed by atoms with Crippen LogP contribution in [0.5, 0.6) is 0 Å². The SMILES string of the molecule is CC1(c2ccccc2Br)NC(=O)N(CC(=O)N(CCC#N)c2ccccc2)C1=O. The molecule has 1 heterocycles. The monoisotopic (exact) mass is 454 g/mol. The van der Waals surface area contributed by atoms with Crippen LogP contribution >= 0.6 is 15.9 Å². The molecule has 1 atom stereocenters. The summed E-state index contributed by atoms with van der Waals surface area (Å²) in [5, 5.41) is 11.6. The van der Waals surface area contributed by atoms with Crippen molar-refractivity contribution in [1.82, 2.24) is 10.2 Å². The van der Waals surface area contributed by atoms with Gasteiger partial charge in [0.1, 0.15) is 12.1 Å². The average molecular weight is 455 g/mol. The topological polar surface area (TPSA) is 93.5 Å². The summed E-state index contributed by atoms with van der Waals surface area (Å²) in [6.45, 7) is 1.37. The van der Waals surface area contributed by atoms with Gasteiger partial charge in [-0.15, -0.1) is 0 Å². The maximum atomic E-state index is 13.1. The Morgan fingerprint density at radius 2 is 1.83 bits per heavy atom. The molecule has 7 nitrogen and oxygen atoms in total. The van der Waals surface area contributed by atoms with Crippen LogP contribution in [0.25, 0.3) is 0 Å². The molecule has 1 fully saturated rings. The quantitative estimate of drug-likeness (QED) is 0.678. The van der Waals surface area contributed by atoms with Crippen LogP contribution in [0, 0.1) is 11.3 Å². The number of amides is 4. The Kier molecular flexibility index (Phi) is 5.99. The number of imide groups is 1. The van der Waals surface area contributed by atoms with E-state index in [1.165, 1.54) is 4.90 Å². The largest absolute Gasteiger partial charge is 0.325 e. The number of benzene rings is 2. The number of urea groups is 1. The summed E-state index contributed by atoms with van der Waals surface area (Å²) in [4.78, 5) is 40.9. The Labute approximate surface area is 177 Å². The predicted octanol–water partition coefficient (Wildman–Crippen LogP) is 3.16. The number of hydrogen-bond acceptors (Lipinski definition) is 4. The van der Waals surface area contributed by atoms with Crippen molar-refractivity contribution in [3.8, 4) is 6.07 Å². The first-order chi connectivity index (χ1) is 13.9. The first kappa shape index (κ1) is 20.6. The predicted molar refractivity (Wildman–Crippen MR) is 111 cm³/mol. The lowest BCUT2D eigenvalue weighted by Crippen LogP contribution is -2.45. The molecule has 0 bridgehead atoms. The molecule has 0 radical (unpaired) electrons. The lowest BCUT2D eigenvalue weighted by atomic mass is 9.92. The number of nitrogens with one attached hydrogen (secondary N) is 1. The fourth-order valence-electron chi connectivity index (χ4n) is 3.28. The van der Waals surface area contributed by atoms with Gasteiger partial charge in [-0.05, 0) is 25.1 Å². The Balaban J connectivity index is 1.84. The van der Waals surface area contributed by atoms with Gasteiger partial charge in [-0.2, -0.15) is 5.26 Å². The minimum absolute atomic E-state index is 0.134. The highest BCUT2D eigenvalue weighted by atomic mass is 79.9. The van der Waals surface area contributed by atoms with Crippen LogP contribution in [0.2, 0.25) is 0 Å². The zero-order valence-corrected chi connectivity index (χ0v) is 17.3. The average Bonchev–Trinajstić information content (AvgIpc) is 2.93. The van der Waals surface area contributed by atoms with Gasteiger partial charge < -0.3 is 10.2 Å². The highest BCUT2D eigenvalue weighted by molar-refractivity contribution is 9.10. The standard InChI is InChI=1S/C21H19BrN4O3/c1-21(16-10-5-6-11-17(16)22)19(28)26(20(29)24-21)14-18(27)25(13-7-12-23)15-8-3-2-4-9-15/h2-6,8-11H,7,13-14H2,1H3,(H,24,29). The number of anilines is 1. The van der Waals surface area contributed by atoms with Gasteiger partial charge in [0.05, 0.1) is 12.5 Å². The van der Waals surface area contributed by atoms with Gasteiger partial charge in [-0.3, -0.25) is 14.5 Å². The molecular weight excluding hydrogens is 436 g/mol. The smallest absolute Gasteiger partial charge is 0.319 e. The summed E-state index contributed by atoms with van der Waals surface area (Å²) in [5.41, 5.74) is -0.0622. The number of halogens is 1. The van der Waals surface area contributed by atoms with E-state index in [4.69, 9.17) is 5.26 Å². The number of carbonyl (C=O) groups is 3. The summed E-state index contributed by atoms with van der Waals surface area (Å²) in [7, 11) is 0. The molecule has 0 aromatic heterocycles. The molecule has 1 aliphatic rings. The third-order valence-electron chi connectivity index (χ3n) is 4.80. The number of rotatable bonds is 6. The molecule has 1 saturated heterocycles. The molecule has 148 valence electrons. The van der Waals surface area contributed by atoms with Crippen molar-refractivity contribution in [2.24, 2.45) is 0 Å². The van der Waals surface area contributed by atoms with E-state index in [0.717, 1.165) is 4.90 Å². The zero-order chi connectivity index (χ0) is 21.0. The van der Waals surface area contributed by atoms with E-state index >= 15 is 0 Å². The fraction of sp³-hybridized carbons (Fsp3) is 0.238. The van der Waals surface area contributed by atoms with Gasteiger partial charge in [0.15, 0.2) is 0 Å². The molecule has 29 heavy (non-hydrogen) atoms. The molecule has 0 spiro atoms. The summed E-state index contributed by atoms with van der Waals surface area (Å²) in [6.07, 6.45) is 0.134. The van der Waals surface area contributed by atoms with Gasteiger partial charge in [-0.25, -0.2) is 4.79 Å². The normalized spacial score (nSPS) is 18.3. The van der Waals surface area contributed by atoms with E-state index in [9.17, 15) is 14.4 Å². The number of hydrogen-bond donors (Lipinski definition) is 1. The molecule has 2 aromatic rings. The summed E-state index contributed by atoms with van der Waals surface area (Å²) < 4.78 is 0.684. The van der Waals surface area contributed by atoms with E-state index in [1.807, 2.05) is 18.2 Å². The minimum atomic E-state index is -1.28. The third-order valence-corrected chi connectivity index (χ3v) is 5.49. The number of para-hydroxylation sites is 1. The summed E-state index contributed by atoms with van der Waals surface area (Å²) >= 11 is 3.41. The molecular formula is C21H19BrN4O3. The van der Waals surface area contributed by atoms with Gasteiger partial charge in [0, 0.05) is 22.3 Å². The van der Waals surface area contributed by atoms with Crippen molar-refractivity contribution in [2.75, 3.05) is 18.0 Å². The Morgan fingerprint density at radius 3 is 2.48 bits per heavy atom. The Bertz CT molecular complexity index is 989. The molecule has 3 rings (SSSR count). The third kappa shape index (κ3) is 4.00. The van der Waals surface area contributed by atoms with Crippen LogP contribution in [0.15, 0.2) is 59.1 Å². The van der Waals surface area contributed by atoms with Crippen LogP contribution in [0.1, 0.15) is 18.9 Å². The van der Waals surface area contributed by atoms with Gasteiger partial charge >= 0.3 is 6.03 Å². The molecule has 1 aliphatic heterocycles. The number of nitrogens with zero attached hydrogens (tertiary/aromatic N) is 3. The second kappa shape index (κ2) is 8.45. The van der Waals surface area contributed by atoms with Crippen LogP contribution < -0.4 is 10.2 Å². The Morgan fingerprint density at radius 1 is 1.17 bits per heavy atom. The lowest BCUT2D eigenvalue weighted by molar-refractivity contribution is -0.134. The van der Waals surface area contributed by atoms with Crippen LogP contribution in [-0.2, 0) is 15.1 Å². The second-order valence-corrected chi connectivity index (χ2v) is 7.57. The number of carbonyl (C=O) groups excluding carboxylic acids is 3. The van der Waals surface area contributed by atoms with E-state index in [-0.39, 0.29) is 13.0 Å². The lowest BCUT2D eigenvalue weighted by Gasteiger charge is -2.25. The Hall–Kier alpha value is -3.18. The molecule has 1 unspecified atom stereocenters. The molecule has 8 heteroatoms. The van der Waals surface area contributed by atoms with Crippen molar-refractivity contribution in [1.29, 1.82) is 5.26 Å². The first-order valence-corrected chi connectivity index (χ1v) is 9.79. The molecule has 4 amide bonds. The molecule has 0 aliphatic carbocycles. The van der Waals surface area contributed by atoms with Gasteiger partial charge in [0.25, 0.3) is 5.91 Å². The first-order valence-electron chi connectivity index (χ1n) is 9.00. The van der Waals surface area contributed by atoms with Crippen LogP contribution in [-0.4, -0.2) is 35.8 Å².